The molecule has 0 spiro atoms. The summed E-state index contributed by atoms with van der Waals surface area (Å²) in [5.41, 5.74) is 7.06. The van der Waals surface area contributed by atoms with Crippen LogP contribution in [0, 0.1) is 30.6 Å². The molecular weight excluding hydrogens is 426 g/mol. The Morgan fingerprint density at radius 1 is 0.914 bits per heavy atom. The van der Waals surface area contributed by atoms with Crippen LogP contribution in [-0.2, 0) is 12.0 Å². The largest absolute Gasteiger partial charge is 0.341 e. The number of hydrogen-bond donors (Lipinski definition) is 0. The van der Waals surface area contributed by atoms with Crippen LogP contribution < -0.4 is 0 Å². The summed E-state index contributed by atoms with van der Waals surface area (Å²) in [5, 5.41) is 2.54. The highest BCUT2D eigenvalue weighted by molar-refractivity contribution is 6.15. The van der Waals surface area contributed by atoms with Gasteiger partial charge in [-0.15, -0.1) is 0 Å². The van der Waals surface area contributed by atoms with Gasteiger partial charge < -0.3 is 4.57 Å². The van der Waals surface area contributed by atoms with E-state index in [-0.39, 0.29) is 5.78 Å². The Balaban J connectivity index is 1.40. The molecule has 0 aliphatic heterocycles. The normalized spacial score (nSPS) is 29.3. The van der Waals surface area contributed by atoms with Gasteiger partial charge in [0.1, 0.15) is 0 Å². The summed E-state index contributed by atoms with van der Waals surface area (Å²) in [4.78, 5) is 13.5. The third kappa shape index (κ3) is 2.98. The number of aryl methyl sites for hydroxylation is 2. The lowest BCUT2D eigenvalue weighted by atomic mass is 9.44. The number of fused-ring (bicyclic) bond motifs is 3. The van der Waals surface area contributed by atoms with E-state index in [4.69, 9.17) is 0 Å². The van der Waals surface area contributed by atoms with E-state index in [0.29, 0.717) is 5.41 Å². The van der Waals surface area contributed by atoms with E-state index in [1.54, 1.807) is 5.56 Å². The number of nitrogens with zero attached hydrogens (tertiary/aromatic N) is 1. The summed E-state index contributed by atoms with van der Waals surface area (Å²) < 4.78 is 2.42. The van der Waals surface area contributed by atoms with Crippen molar-refractivity contribution in [3.8, 4) is 0 Å². The van der Waals surface area contributed by atoms with Gasteiger partial charge in [-0.1, -0.05) is 37.3 Å². The molecule has 3 unspecified atom stereocenters. The fraction of sp³-hybridized carbons (Fsp3) is 0.424. The van der Waals surface area contributed by atoms with E-state index in [2.05, 4.69) is 48.7 Å². The fourth-order valence-electron chi connectivity index (χ4n) is 8.67. The third-order valence-electron chi connectivity index (χ3n) is 10.2. The maximum atomic E-state index is 13.5. The second-order valence-electron chi connectivity index (χ2n) is 11.9. The third-order valence-corrected chi connectivity index (χ3v) is 10.2. The highest BCUT2D eigenvalue weighted by atomic mass is 16.1. The van der Waals surface area contributed by atoms with Crippen LogP contribution in [-0.4, -0.2) is 10.4 Å². The van der Waals surface area contributed by atoms with Crippen molar-refractivity contribution in [3.05, 3.63) is 82.9 Å². The molecule has 178 valence electrons. The molecule has 2 heteroatoms. The van der Waals surface area contributed by atoms with Crippen LogP contribution in [0.5, 0.6) is 0 Å². The fourth-order valence-corrected chi connectivity index (χ4v) is 8.67. The molecule has 4 fully saturated rings. The minimum absolute atomic E-state index is 0.119. The Labute approximate surface area is 208 Å². The van der Waals surface area contributed by atoms with Gasteiger partial charge in [0.15, 0.2) is 5.78 Å². The number of rotatable bonds is 4. The summed E-state index contributed by atoms with van der Waals surface area (Å²) >= 11 is 0. The van der Waals surface area contributed by atoms with Crippen molar-refractivity contribution in [3.63, 3.8) is 0 Å². The first-order valence-electron chi connectivity index (χ1n) is 13.7. The predicted molar refractivity (Wildman–Crippen MR) is 144 cm³/mol. The van der Waals surface area contributed by atoms with E-state index in [9.17, 15) is 4.79 Å². The predicted octanol–water partition coefficient (Wildman–Crippen LogP) is 8.07. The minimum Gasteiger partial charge on any atom is -0.341 e. The molecule has 4 saturated carbocycles. The molecule has 4 aromatic rings. The summed E-state index contributed by atoms with van der Waals surface area (Å²) in [6.45, 7) is 7.72. The topological polar surface area (TPSA) is 22.0 Å². The van der Waals surface area contributed by atoms with E-state index >= 15 is 0 Å². The highest BCUT2D eigenvalue weighted by Gasteiger charge is 2.55. The van der Waals surface area contributed by atoms with Crippen molar-refractivity contribution < 1.29 is 4.79 Å². The van der Waals surface area contributed by atoms with Gasteiger partial charge in [-0.2, -0.15) is 0 Å². The van der Waals surface area contributed by atoms with Crippen molar-refractivity contribution in [2.45, 2.75) is 64.8 Å². The number of aromatic nitrogens is 1. The van der Waals surface area contributed by atoms with Crippen molar-refractivity contribution in [2.75, 3.05) is 0 Å². The molecule has 4 bridgehead atoms. The molecule has 3 aromatic carbocycles. The van der Waals surface area contributed by atoms with Crippen LogP contribution in [0.2, 0.25) is 0 Å². The van der Waals surface area contributed by atoms with E-state index < -0.39 is 0 Å². The molecule has 2 nitrogen and oxygen atoms in total. The van der Waals surface area contributed by atoms with Crippen LogP contribution in [0.4, 0.5) is 0 Å². The first-order valence-corrected chi connectivity index (χ1v) is 13.7. The average Bonchev–Trinajstić information content (AvgIpc) is 3.18. The zero-order chi connectivity index (χ0) is 23.9. The van der Waals surface area contributed by atoms with Gasteiger partial charge in [0.2, 0.25) is 0 Å². The smallest absolute Gasteiger partial charge is 0.193 e. The van der Waals surface area contributed by atoms with Crippen LogP contribution >= 0.6 is 0 Å². The van der Waals surface area contributed by atoms with E-state index in [0.717, 1.165) is 46.9 Å². The van der Waals surface area contributed by atoms with Crippen LogP contribution in [0.3, 0.4) is 0 Å². The van der Waals surface area contributed by atoms with Gasteiger partial charge in [-0.05, 0) is 116 Å². The summed E-state index contributed by atoms with van der Waals surface area (Å²) in [5.74, 6) is 3.65. The summed E-state index contributed by atoms with van der Waals surface area (Å²) in [6.07, 6.45) is 7.13. The Kier molecular flexibility index (Phi) is 4.63. The second kappa shape index (κ2) is 7.56. The molecule has 0 saturated heterocycles. The lowest BCUT2D eigenvalue weighted by Crippen LogP contribution is -2.54. The molecule has 0 N–H and O–H groups in total. The molecule has 1 aromatic heterocycles. The minimum atomic E-state index is 0.119. The van der Waals surface area contributed by atoms with Crippen molar-refractivity contribution in [2.24, 2.45) is 23.7 Å². The number of benzene rings is 3. The van der Waals surface area contributed by atoms with Crippen molar-refractivity contribution in [1.29, 1.82) is 0 Å². The lowest BCUT2D eigenvalue weighted by Gasteiger charge is -2.61. The quantitative estimate of drug-likeness (QED) is 0.282. The lowest BCUT2D eigenvalue weighted by molar-refractivity contribution is -0.0537. The monoisotopic (exact) mass is 461 g/mol. The number of carbonyl (C=O) groups excluding carboxylic acids is 1. The Bertz CT molecular complexity index is 1480. The second-order valence-corrected chi connectivity index (χ2v) is 11.9. The Morgan fingerprint density at radius 2 is 1.60 bits per heavy atom. The molecule has 4 aliphatic carbocycles. The standard InChI is InChI=1S/C33H35NO/c1-4-34-30-11-9-24(32(35)27-8-6-5-7-20(27)2)16-28(30)29-17-26(10-12-31(29)34)33-18-22-13-23(19-33)15-25(14-22)21(33)3/h5-12,16-17,21-23,25H,4,13-15,18-19H2,1-3H3. The van der Waals surface area contributed by atoms with Crippen molar-refractivity contribution >= 4 is 27.6 Å². The van der Waals surface area contributed by atoms with Gasteiger partial charge in [0, 0.05) is 39.5 Å². The highest BCUT2D eigenvalue weighted by Crippen LogP contribution is 2.63. The average molecular weight is 462 g/mol. The van der Waals surface area contributed by atoms with Gasteiger partial charge in [0.25, 0.3) is 0 Å². The first kappa shape index (κ1) is 21.4. The van der Waals surface area contributed by atoms with Crippen LogP contribution in [0.25, 0.3) is 21.8 Å². The number of hydrogen-bond acceptors (Lipinski definition) is 1. The molecular formula is C33H35NO. The zero-order valence-corrected chi connectivity index (χ0v) is 21.2. The van der Waals surface area contributed by atoms with Gasteiger partial charge in [-0.3, -0.25) is 4.79 Å². The maximum absolute atomic E-state index is 13.5. The van der Waals surface area contributed by atoms with E-state index in [1.807, 2.05) is 37.3 Å². The molecule has 3 atom stereocenters. The first-order chi connectivity index (χ1) is 17.0. The molecule has 0 amide bonds. The SMILES string of the molecule is CCn1c2ccc(C(=O)c3ccccc3C)cc2c2cc(C34CC5CC(CC(C5)C3C)C4)ccc21. The van der Waals surface area contributed by atoms with Gasteiger partial charge >= 0.3 is 0 Å². The molecule has 8 rings (SSSR count). The van der Waals surface area contributed by atoms with Crippen LogP contribution in [0.1, 0.15) is 73.0 Å². The summed E-state index contributed by atoms with van der Waals surface area (Å²) in [7, 11) is 0. The van der Waals surface area contributed by atoms with E-state index in [1.165, 1.54) is 53.9 Å². The zero-order valence-electron chi connectivity index (χ0n) is 21.2. The maximum Gasteiger partial charge on any atom is 0.193 e. The molecule has 4 aliphatic rings. The van der Waals surface area contributed by atoms with Gasteiger partial charge in [0.05, 0.1) is 0 Å². The molecule has 1 heterocycles. The van der Waals surface area contributed by atoms with Gasteiger partial charge in [-0.25, -0.2) is 0 Å². The summed E-state index contributed by atoms with van der Waals surface area (Å²) in [6, 6.07) is 21.6. The molecule has 0 radical (unpaired) electrons. The van der Waals surface area contributed by atoms with Crippen LogP contribution in [0.15, 0.2) is 60.7 Å². The number of carbonyl (C=O) groups is 1. The molecule has 35 heavy (non-hydrogen) atoms. The Morgan fingerprint density at radius 3 is 2.31 bits per heavy atom. The van der Waals surface area contributed by atoms with Crippen molar-refractivity contribution in [1.82, 2.24) is 4.57 Å². The number of ketones is 1. The Hall–Kier alpha value is -2.87.